The quantitative estimate of drug-likeness (QED) is 0.634. The summed E-state index contributed by atoms with van der Waals surface area (Å²) in [5, 5.41) is 25.6. The second-order valence-corrected chi connectivity index (χ2v) is 2.34. The molecule has 0 amide bonds. The van der Waals surface area contributed by atoms with Crippen LogP contribution in [0.15, 0.2) is 12.3 Å². The maximum Gasteiger partial charge on any atom is 0.416 e. The van der Waals surface area contributed by atoms with Gasteiger partial charge in [-0.2, -0.15) is 0 Å². The van der Waals surface area contributed by atoms with Crippen LogP contribution in [0.2, 0.25) is 0 Å². The molecule has 0 radical (unpaired) electrons. The van der Waals surface area contributed by atoms with Gasteiger partial charge in [0, 0.05) is 6.20 Å². The van der Waals surface area contributed by atoms with Crippen molar-refractivity contribution in [2.75, 3.05) is 0 Å². The SMILES string of the molecule is O=C(O)c1ccn(C(=O)O)c1C(=O)O. The van der Waals surface area contributed by atoms with Gasteiger partial charge in [-0.1, -0.05) is 0 Å². The van der Waals surface area contributed by atoms with Crippen LogP contribution >= 0.6 is 0 Å². The van der Waals surface area contributed by atoms with Crippen LogP contribution in [-0.4, -0.2) is 37.9 Å². The van der Waals surface area contributed by atoms with E-state index >= 15 is 0 Å². The van der Waals surface area contributed by atoms with Gasteiger partial charge in [0.15, 0.2) is 5.69 Å². The summed E-state index contributed by atoms with van der Waals surface area (Å²) in [6.07, 6.45) is -0.676. The highest BCUT2D eigenvalue weighted by molar-refractivity contribution is 6.02. The smallest absolute Gasteiger partial charge is 0.416 e. The van der Waals surface area contributed by atoms with Crippen molar-refractivity contribution in [3.63, 3.8) is 0 Å². The average molecular weight is 199 g/mol. The van der Waals surface area contributed by atoms with Gasteiger partial charge < -0.3 is 15.3 Å². The first kappa shape index (κ1) is 9.78. The van der Waals surface area contributed by atoms with Crippen molar-refractivity contribution < 1.29 is 29.7 Å². The molecule has 0 bridgehead atoms. The Morgan fingerprint density at radius 2 is 1.64 bits per heavy atom. The molecular weight excluding hydrogens is 194 g/mol. The van der Waals surface area contributed by atoms with Crippen LogP contribution in [-0.2, 0) is 0 Å². The highest BCUT2D eigenvalue weighted by Crippen LogP contribution is 2.11. The van der Waals surface area contributed by atoms with Gasteiger partial charge in [0.25, 0.3) is 0 Å². The van der Waals surface area contributed by atoms with Crippen molar-refractivity contribution in [1.29, 1.82) is 0 Å². The third-order valence-electron chi connectivity index (χ3n) is 1.53. The van der Waals surface area contributed by atoms with Crippen LogP contribution < -0.4 is 0 Å². The molecule has 0 aliphatic carbocycles. The summed E-state index contributed by atoms with van der Waals surface area (Å²) in [6, 6.07) is 0.917. The molecular formula is C7H5NO6. The average Bonchev–Trinajstić information content (AvgIpc) is 2.46. The number of aromatic nitrogens is 1. The summed E-state index contributed by atoms with van der Waals surface area (Å²) in [6.45, 7) is 0. The summed E-state index contributed by atoms with van der Waals surface area (Å²) < 4.78 is 0.339. The second kappa shape index (κ2) is 3.21. The zero-order chi connectivity index (χ0) is 10.9. The van der Waals surface area contributed by atoms with E-state index in [1.807, 2.05) is 0 Å². The van der Waals surface area contributed by atoms with Gasteiger partial charge in [-0.15, -0.1) is 0 Å². The van der Waals surface area contributed by atoms with Crippen molar-refractivity contribution in [2.45, 2.75) is 0 Å². The standard InChI is InChI=1S/C7H5NO6/c9-5(10)3-1-2-8(7(13)14)4(3)6(11)12/h1-2H,(H,9,10)(H,11,12)(H,13,14). The summed E-state index contributed by atoms with van der Waals surface area (Å²) >= 11 is 0. The number of carboxylic acid groups (broad SMARTS) is 3. The highest BCUT2D eigenvalue weighted by atomic mass is 16.4. The Morgan fingerprint density at radius 3 is 2.00 bits per heavy atom. The Morgan fingerprint density at radius 1 is 1.07 bits per heavy atom. The third-order valence-corrected chi connectivity index (χ3v) is 1.53. The number of aromatic carboxylic acids is 2. The number of hydrogen-bond acceptors (Lipinski definition) is 3. The molecule has 1 rings (SSSR count). The summed E-state index contributed by atoms with van der Waals surface area (Å²) in [4.78, 5) is 31.5. The van der Waals surface area contributed by atoms with Crippen LogP contribution in [0.25, 0.3) is 0 Å². The van der Waals surface area contributed by atoms with Gasteiger partial charge in [0.2, 0.25) is 0 Å². The molecule has 1 aromatic rings. The summed E-state index contributed by atoms with van der Waals surface area (Å²) in [7, 11) is 0. The monoisotopic (exact) mass is 199 g/mol. The Labute approximate surface area is 76.8 Å². The van der Waals surface area contributed by atoms with Crippen molar-refractivity contribution in [3.05, 3.63) is 23.5 Å². The van der Waals surface area contributed by atoms with E-state index in [1.165, 1.54) is 0 Å². The normalized spacial score (nSPS) is 9.71. The molecule has 1 aromatic heterocycles. The fourth-order valence-corrected chi connectivity index (χ4v) is 0.983. The molecule has 7 heteroatoms. The van der Waals surface area contributed by atoms with Gasteiger partial charge in [0.1, 0.15) is 0 Å². The van der Waals surface area contributed by atoms with Crippen molar-refractivity contribution in [2.24, 2.45) is 0 Å². The molecule has 1 heterocycles. The lowest BCUT2D eigenvalue weighted by Crippen LogP contribution is -2.17. The van der Waals surface area contributed by atoms with E-state index in [0.29, 0.717) is 4.57 Å². The van der Waals surface area contributed by atoms with E-state index < -0.39 is 29.3 Å². The van der Waals surface area contributed by atoms with Crippen LogP contribution in [0.3, 0.4) is 0 Å². The molecule has 0 saturated carbocycles. The molecule has 0 aliphatic rings. The number of rotatable bonds is 2. The number of carbonyl (C=O) groups is 3. The molecule has 0 aromatic carbocycles. The van der Waals surface area contributed by atoms with E-state index in [2.05, 4.69) is 0 Å². The molecule has 0 fully saturated rings. The van der Waals surface area contributed by atoms with Gasteiger partial charge in [0.05, 0.1) is 5.56 Å². The van der Waals surface area contributed by atoms with Gasteiger partial charge in [-0.25, -0.2) is 19.0 Å². The molecule has 0 aliphatic heterocycles. The zero-order valence-electron chi connectivity index (χ0n) is 6.67. The van der Waals surface area contributed by atoms with Crippen molar-refractivity contribution in [3.8, 4) is 0 Å². The van der Waals surface area contributed by atoms with Crippen LogP contribution in [0.5, 0.6) is 0 Å². The molecule has 3 N–H and O–H groups in total. The fourth-order valence-electron chi connectivity index (χ4n) is 0.983. The topological polar surface area (TPSA) is 117 Å². The second-order valence-electron chi connectivity index (χ2n) is 2.34. The Bertz CT molecular complexity index is 386. The number of carboxylic acids is 2. The van der Waals surface area contributed by atoms with E-state index in [0.717, 1.165) is 12.3 Å². The molecule has 7 nitrogen and oxygen atoms in total. The van der Waals surface area contributed by atoms with Gasteiger partial charge in [-0.3, -0.25) is 0 Å². The van der Waals surface area contributed by atoms with Crippen molar-refractivity contribution in [1.82, 2.24) is 4.57 Å². The highest BCUT2D eigenvalue weighted by Gasteiger charge is 2.23. The minimum Gasteiger partial charge on any atom is -0.478 e. The minimum atomic E-state index is -1.60. The van der Waals surface area contributed by atoms with E-state index in [1.54, 1.807) is 0 Å². The fraction of sp³-hybridized carbons (Fsp3) is 0. The minimum absolute atomic E-state index is 0.339. The van der Waals surface area contributed by atoms with Crippen LogP contribution in [0.1, 0.15) is 20.8 Å². The Balaban J connectivity index is 3.42. The molecule has 0 unspecified atom stereocenters. The molecule has 74 valence electrons. The Hall–Kier alpha value is -2.31. The van der Waals surface area contributed by atoms with Crippen molar-refractivity contribution >= 4 is 18.0 Å². The van der Waals surface area contributed by atoms with E-state index in [9.17, 15) is 14.4 Å². The van der Waals surface area contributed by atoms with E-state index in [-0.39, 0.29) is 0 Å². The molecule has 14 heavy (non-hydrogen) atoms. The number of nitrogens with zero attached hydrogens (tertiary/aromatic N) is 1. The summed E-state index contributed by atoms with van der Waals surface area (Å²) in [5.74, 6) is -3.09. The molecule has 0 atom stereocenters. The van der Waals surface area contributed by atoms with Crippen LogP contribution in [0, 0.1) is 0 Å². The molecule has 0 spiro atoms. The zero-order valence-corrected chi connectivity index (χ0v) is 6.67. The first-order chi connectivity index (χ1) is 6.45. The maximum atomic E-state index is 10.6. The largest absolute Gasteiger partial charge is 0.478 e. The lowest BCUT2D eigenvalue weighted by atomic mass is 10.2. The maximum absolute atomic E-state index is 10.6. The third kappa shape index (κ3) is 1.42. The molecule has 0 saturated heterocycles. The lowest BCUT2D eigenvalue weighted by molar-refractivity contribution is 0.0644. The van der Waals surface area contributed by atoms with Gasteiger partial charge in [-0.05, 0) is 6.07 Å². The predicted octanol–water partition coefficient (Wildman–Crippen LogP) is 0.411. The van der Waals surface area contributed by atoms with Gasteiger partial charge >= 0.3 is 18.0 Å². The van der Waals surface area contributed by atoms with E-state index in [4.69, 9.17) is 15.3 Å². The first-order valence-corrected chi connectivity index (χ1v) is 3.36. The predicted molar refractivity (Wildman–Crippen MR) is 41.8 cm³/mol. The Kier molecular flexibility index (Phi) is 2.24. The number of hydrogen-bond donors (Lipinski definition) is 3. The first-order valence-electron chi connectivity index (χ1n) is 3.36. The lowest BCUT2D eigenvalue weighted by Gasteiger charge is -1.99. The summed E-state index contributed by atoms with van der Waals surface area (Å²) in [5.41, 5.74) is -1.33. The van der Waals surface area contributed by atoms with Crippen LogP contribution in [0.4, 0.5) is 4.79 Å².